The van der Waals surface area contributed by atoms with Crippen LogP contribution in [0.2, 0.25) is 0 Å². The van der Waals surface area contributed by atoms with Crippen molar-refractivity contribution in [1.82, 2.24) is 5.32 Å². The number of methoxy groups -OCH3 is 1. The normalized spacial score (nSPS) is 13.6. The molecule has 0 spiro atoms. The fourth-order valence-electron chi connectivity index (χ4n) is 0.816. The molecular weight excluding hydrogens is 170 g/mol. The van der Waals surface area contributed by atoms with Gasteiger partial charge in [-0.2, -0.15) is 0 Å². The van der Waals surface area contributed by atoms with Crippen molar-refractivity contribution in [2.75, 3.05) is 13.7 Å². The quantitative estimate of drug-likeness (QED) is 0.700. The number of alkyl carbamates (subject to hydrolysis) is 1. The molecule has 0 fully saturated rings. The van der Waals surface area contributed by atoms with E-state index in [1.54, 1.807) is 0 Å². The maximum atomic E-state index is 10.6. The average molecular weight is 189 g/mol. The highest BCUT2D eigenvalue weighted by atomic mass is 16.5. The Morgan fingerprint density at radius 2 is 2.08 bits per heavy atom. The summed E-state index contributed by atoms with van der Waals surface area (Å²) in [6, 6.07) is 0. The van der Waals surface area contributed by atoms with Gasteiger partial charge in [0, 0.05) is 6.54 Å². The predicted octanol–water partition coefficient (Wildman–Crippen LogP) is 1.14. The third-order valence-corrected chi connectivity index (χ3v) is 1.87. The Kier molecular flexibility index (Phi) is 4.77. The molecule has 0 saturated heterocycles. The van der Waals surface area contributed by atoms with Crippen molar-refractivity contribution in [1.29, 1.82) is 0 Å². The van der Waals surface area contributed by atoms with Gasteiger partial charge >= 0.3 is 6.09 Å². The minimum Gasteiger partial charge on any atom is -0.453 e. The molecule has 0 aliphatic carbocycles. The third-order valence-electron chi connectivity index (χ3n) is 1.87. The summed E-state index contributed by atoms with van der Waals surface area (Å²) in [7, 11) is 1.32. The molecule has 2 N–H and O–H groups in total. The molecule has 0 aromatic heterocycles. The van der Waals surface area contributed by atoms with Crippen LogP contribution in [0.25, 0.3) is 0 Å². The summed E-state index contributed by atoms with van der Waals surface area (Å²) in [5.41, 5.74) is -0.141. The van der Waals surface area contributed by atoms with Crippen LogP contribution < -0.4 is 5.32 Å². The first kappa shape index (κ1) is 12.2. The molecule has 1 amide bonds. The van der Waals surface area contributed by atoms with Crippen LogP contribution in [-0.2, 0) is 4.74 Å². The van der Waals surface area contributed by atoms with E-state index in [2.05, 4.69) is 10.1 Å². The van der Waals surface area contributed by atoms with Crippen molar-refractivity contribution in [3.8, 4) is 0 Å². The van der Waals surface area contributed by atoms with Gasteiger partial charge in [0.15, 0.2) is 0 Å². The molecule has 0 saturated carbocycles. The molecule has 0 aromatic carbocycles. The lowest BCUT2D eigenvalue weighted by Gasteiger charge is -2.25. The van der Waals surface area contributed by atoms with Crippen molar-refractivity contribution in [2.24, 2.45) is 5.41 Å². The molecule has 0 aliphatic heterocycles. The number of ether oxygens (including phenoxy) is 1. The fourth-order valence-corrected chi connectivity index (χ4v) is 0.816. The lowest BCUT2D eigenvalue weighted by Crippen LogP contribution is -2.32. The standard InChI is InChI=1S/C9H19NO3/c1-9(2,3)7(11)5-6-10-8(12)13-4/h7,11H,5-6H2,1-4H3,(H,10,12). The Morgan fingerprint density at radius 1 is 1.54 bits per heavy atom. The van der Waals surface area contributed by atoms with E-state index in [-0.39, 0.29) is 5.41 Å². The predicted molar refractivity (Wildman–Crippen MR) is 50.5 cm³/mol. The Labute approximate surface area is 79.3 Å². The zero-order valence-corrected chi connectivity index (χ0v) is 8.76. The van der Waals surface area contributed by atoms with E-state index >= 15 is 0 Å². The fraction of sp³-hybridized carbons (Fsp3) is 0.889. The van der Waals surface area contributed by atoms with Gasteiger partial charge in [0.1, 0.15) is 0 Å². The van der Waals surface area contributed by atoms with Gasteiger partial charge < -0.3 is 15.2 Å². The Bertz CT molecular complexity index is 163. The summed E-state index contributed by atoms with van der Waals surface area (Å²) in [6.45, 7) is 6.30. The number of aliphatic hydroxyl groups excluding tert-OH is 1. The number of hydrogen-bond donors (Lipinski definition) is 2. The van der Waals surface area contributed by atoms with Crippen molar-refractivity contribution >= 4 is 6.09 Å². The molecule has 78 valence electrons. The molecule has 0 bridgehead atoms. The van der Waals surface area contributed by atoms with Crippen molar-refractivity contribution < 1.29 is 14.6 Å². The Hall–Kier alpha value is -0.770. The van der Waals surface area contributed by atoms with E-state index in [1.807, 2.05) is 20.8 Å². The second kappa shape index (κ2) is 5.07. The zero-order valence-electron chi connectivity index (χ0n) is 8.76. The molecule has 0 aliphatic rings. The molecule has 1 atom stereocenters. The van der Waals surface area contributed by atoms with E-state index in [9.17, 15) is 9.90 Å². The first-order valence-electron chi connectivity index (χ1n) is 4.38. The van der Waals surface area contributed by atoms with E-state index in [4.69, 9.17) is 0 Å². The first-order valence-corrected chi connectivity index (χ1v) is 4.38. The van der Waals surface area contributed by atoms with Crippen molar-refractivity contribution in [2.45, 2.75) is 33.3 Å². The molecular formula is C9H19NO3. The monoisotopic (exact) mass is 189 g/mol. The summed E-state index contributed by atoms with van der Waals surface area (Å²) in [4.78, 5) is 10.6. The second-order valence-corrected chi connectivity index (χ2v) is 4.09. The summed E-state index contributed by atoms with van der Waals surface area (Å²) >= 11 is 0. The number of amides is 1. The SMILES string of the molecule is COC(=O)NCCC(O)C(C)(C)C. The van der Waals surface area contributed by atoms with Gasteiger partial charge in [-0.05, 0) is 11.8 Å². The molecule has 0 heterocycles. The van der Waals surface area contributed by atoms with Gasteiger partial charge in [-0.25, -0.2) is 4.79 Å². The molecule has 13 heavy (non-hydrogen) atoms. The molecule has 0 rings (SSSR count). The van der Waals surface area contributed by atoms with Gasteiger partial charge in [-0.1, -0.05) is 20.8 Å². The lowest BCUT2D eigenvalue weighted by molar-refractivity contribution is 0.0557. The summed E-state index contributed by atoms with van der Waals surface area (Å²) < 4.78 is 4.39. The van der Waals surface area contributed by atoms with Gasteiger partial charge in [0.05, 0.1) is 13.2 Å². The maximum absolute atomic E-state index is 10.6. The van der Waals surface area contributed by atoms with E-state index < -0.39 is 12.2 Å². The van der Waals surface area contributed by atoms with Gasteiger partial charge in [0.25, 0.3) is 0 Å². The molecule has 1 unspecified atom stereocenters. The number of aliphatic hydroxyl groups is 1. The average Bonchev–Trinajstić information content (AvgIpc) is 2.02. The number of carbonyl (C=O) groups is 1. The van der Waals surface area contributed by atoms with Crippen molar-refractivity contribution in [3.05, 3.63) is 0 Å². The van der Waals surface area contributed by atoms with E-state index in [0.29, 0.717) is 13.0 Å². The zero-order chi connectivity index (χ0) is 10.5. The summed E-state index contributed by atoms with van der Waals surface area (Å²) in [5.74, 6) is 0. The molecule has 0 aromatic rings. The van der Waals surface area contributed by atoms with Gasteiger partial charge in [-0.15, -0.1) is 0 Å². The van der Waals surface area contributed by atoms with Crippen LogP contribution in [0, 0.1) is 5.41 Å². The summed E-state index contributed by atoms with van der Waals surface area (Å²) in [6.07, 6.45) is -0.329. The topological polar surface area (TPSA) is 58.6 Å². The number of hydrogen-bond acceptors (Lipinski definition) is 3. The molecule has 0 radical (unpaired) electrons. The largest absolute Gasteiger partial charge is 0.453 e. The van der Waals surface area contributed by atoms with Crippen LogP contribution in [-0.4, -0.2) is 31.0 Å². The van der Waals surface area contributed by atoms with Crippen LogP contribution in [0.1, 0.15) is 27.2 Å². The highest BCUT2D eigenvalue weighted by Crippen LogP contribution is 2.20. The Balaban J connectivity index is 3.60. The molecule has 4 nitrogen and oxygen atoms in total. The van der Waals surface area contributed by atoms with Gasteiger partial charge in [-0.3, -0.25) is 0 Å². The number of nitrogens with one attached hydrogen (secondary N) is 1. The van der Waals surface area contributed by atoms with Crippen LogP contribution in [0.4, 0.5) is 4.79 Å². The third kappa shape index (κ3) is 5.47. The van der Waals surface area contributed by atoms with E-state index in [0.717, 1.165) is 0 Å². The molecule has 4 heteroatoms. The van der Waals surface area contributed by atoms with E-state index in [1.165, 1.54) is 7.11 Å². The number of carbonyl (C=O) groups excluding carboxylic acids is 1. The first-order chi connectivity index (χ1) is 5.88. The summed E-state index contributed by atoms with van der Waals surface area (Å²) in [5, 5.41) is 12.1. The highest BCUT2D eigenvalue weighted by molar-refractivity contribution is 5.66. The highest BCUT2D eigenvalue weighted by Gasteiger charge is 2.21. The smallest absolute Gasteiger partial charge is 0.406 e. The Morgan fingerprint density at radius 3 is 2.46 bits per heavy atom. The maximum Gasteiger partial charge on any atom is 0.406 e. The van der Waals surface area contributed by atoms with Crippen LogP contribution in [0.15, 0.2) is 0 Å². The van der Waals surface area contributed by atoms with Gasteiger partial charge in [0.2, 0.25) is 0 Å². The van der Waals surface area contributed by atoms with Crippen LogP contribution in [0.3, 0.4) is 0 Å². The minimum atomic E-state index is -0.457. The number of rotatable bonds is 3. The van der Waals surface area contributed by atoms with Crippen molar-refractivity contribution in [3.63, 3.8) is 0 Å². The van der Waals surface area contributed by atoms with Crippen LogP contribution >= 0.6 is 0 Å². The minimum absolute atomic E-state index is 0.141. The van der Waals surface area contributed by atoms with Crippen LogP contribution in [0.5, 0.6) is 0 Å². The second-order valence-electron chi connectivity index (χ2n) is 4.09. The lowest BCUT2D eigenvalue weighted by atomic mass is 9.87.